The molecular formula is C17H34N2O. The molecule has 0 bridgehead atoms. The van der Waals surface area contributed by atoms with E-state index in [1.54, 1.807) is 0 Å². The van der Waals surface area contributed by atoms with Crippen molar-refractivity contribution in [2.45, 2.75) is 85.9 Å². The molecule has 1 aliphatic rings. The molecule has 0 saturated carbocycles. The molecule has 1 saturated heterocycles. The van der Waals surface area contributed by atoms with Gasteiger partial charge in [0.1, 0.15) is 0 Å². The lowest BCUT2D eigenvalue weighted by molar-refractivity contribution is -0.130. The van der Waals surface area contributed by atoms with E-state index in [-0.39, 0.29) is 17.6 Å². The molecule has 1 amide bonds. The molecule has 1 rings (SSSR count). The Labute approximate surface area is 125 Å². The molecule has 20 heavy (non-hydrogen) atoms. The first kappa shape index (κ1) is 17.5. The summed E-state index contributed by atoms with van der Waals surface area (Å²) in [6.07, 6.45) is 5.63. The molecule has 0 radical (unpaired) electrons. The van der Waals surface area contributed by atoms with Crippen LogP contribution in [0.5, 0.6) is 0 Å². The summed E-state index contributed by atoms with van der Waals surface area (Å²) in [5, 5.41) is 3.57. The smallest absolute Gasteiger partial charge is 0.241 e. The Balaban J connectivity index is 2.66. The Morgan fingerprint density at radius 1 is 1.30 bits per heavy atom. The normalized spacial score (nSPS) is 23.9. The highest BCUT2D eigenvalue weighted by Crippen LogP contribution is 2.25. The topological polar surface area (TPSA) is 32.3 Å². The van der Waals surface area contributed by atoms with Gasteiger partial charge < -0.3 is 4.90 Å². The third kappa shape index (κ3) is 5.43. The van der Waals surface area contributed by atoms with Crippen LogP contribution in [0.25, 0.3) is 0 Å². The van der Waals surface area contributed by atoms with E-state index in [2.05, 4.69) is 51.8 Å². The van der Waals surface area contributed by atoms with Gasteiger partial charge in [-0.25, -0.2) is 0 Å². The van der Waals surface area contributed by atoms with Crippen LogP contribution >= 0.6 is 0 Å². The molecule has 3 nitrogen and oxygen atoms in total. The molecule has 3 heteroatoms. The maximum Gasteiger partial charge on any atom is 0.241 e. The third-order valence-corrected chi connectivity index (χ3v) is 3.99. The fraction of sp³-hybridized carbons (Fsp3) is 0.941. The summed E-state index contributed by atoms with van der Waals surface area (Å²) in [7, 11) is 0. The zero-order valence-corrected chi connectivity index (χ0v) is 14.3. The number of amides is 1. The fourth-order valence-corrected chi connectivity index (χ4v) is 2.73. The second-order valence-corrected chi connectivity index (χ2v) is 7.85. The first-order chi connectivity index (χ1) is 9.24. The summed E-state index contributed by atoms with van der Waals surface area (Å²) in [5.74, 6) is 0.940. The number of hydrogen-bond donors (Lipinski definition) is 1. The lowest BCUT2D eigenvalue weighted by Gasteiger charge is -2.28. The quantitative estimate of drug-likeness (QED) is 0.770. The van der Waals surface area contributed by atoms with Crippen molar-refractivity contribution in [3.05, 3.63) is 0 Å². The number of nitrogens with zero attached hydrogens (tertiary/aromatic N) is 1. The predicted molar refractivity (Wildman–Crippen MR) is 85.5 cm³/mol. The van der Waals surface area contributed by atoms with Crippen molar-refractivity contribution in [3.63, 3.8) is 0 Å². The van der Waals surface area contributed by atoms with Gasteiger partial charge in [0, 0.05) is 6.54 Å². The molecule has 2 unspecified atom stereocenters. The molecule has 0 aromatic carbocycles. The number of hydrogen-bond acceptors (Lipinski definition) is 2. The van der Waals surface area contributed by atoms with Crippen molar-refractivity contribution in [2.75, 3.05) is 6.54 Å². The number of rotatable bonds is 7. The van der Waals surface area contributed by atoms with Gasteiger partial charge in [-0.15, -0.1) is 0 Å². The van der Waals surface area contributed by atoms with E-state index in [0.29, 0.717) is 11.8 Å². The highest BCUT2D eigenvalue weighted by atomic mass is 16.2. The zero-order chi connectivity index (χ0) is 15.3. The summed E-state index contributed by atoms with van der Waals surface area (Å²) in [6.45, 7) is 14.3. The van der Waals surface area contributed by atoms with Gasteiger partial charge in [-0.2, -0.15) is 0 Å². The lowest BCUT2D eigenvalue weighted by Crippen LogP contribution is -2.40. The number of carbonyl (C=O) groups excluding carboxylic acids is 1. The van der Waals surface area contributed by atoms with Gasteiger partial charge in [0.05, 0.1) is 12.2 Å². The first-order valence-corrected chi connectivity index (χ1v) is 8.31. The van der Waals surface area contributed by atoms with E-state index < -0.39 is 0 Å². The number of nitrogens with one attached hydrogen (secondary N) is 1. The molecular weight excluding hydrogens is 248 g/mol. The van der Waals surface area contributed by atoms with Crippen molar-refractivity contribution in [3.8, 4) is 0 Å². The molecule has 0 aromatic rings. The van der Waals surface area contributed by atoms with Crippen LogP contribution in [0.3, 0.4) is 0 Å². The summed E-state index contributed by atoms with van der Waals surface area (Å²) in [5.41, 5.74) is 0.282. The maximum atomic E-state index is 12.6. The molecule has 1 N–H and O–H groups in total. The van der Waals surface area contributed by atoms with E-state index in [0.717, 1.165) is 38.6 Å². The molecule has 1 heterocycles. The fourth-order valence-electron chi connectivity index (χ4n) is 2.73. The monoisotopic (exact) mass is 282 g/mol. The van der Waals surface area contributed by atoms with Gasteiger partial charge in [-0.05, 0) is 30.6 Å². The minimum atomic E-state index is 0.0543. The van der Waals surface area contributed by atoms with Crippen LogP contribution in [0.15, 0.2) is 0 Å². The average molecular weight is 282 g/mol. The second kappa shape index (κ2) is 7.44. The summed E-state index contributed by atoms with van der Waals surface area (Å²) in [6, 6.07) is 0.0543. The Kier molecular flexibility index (Phi) is 6.50. The van der Waals surface area contributed by atoms with Gasteiger partial charge in [0.25, 0.3) is 0 Å². The standard InChI is InChI=1S/C17H34N2O/c1-7-8-9-14-16(20)19(11-10-17(4,5)6)15(18-14)12-13(2)3/h13-15,18H,7-12H2,1-6H3. The largest absolute Gasteiger partial charge is 0.326 e. The van der Waals surface area contributed by atoms with Crippen molar-refractivity contribution >= 4 is 5.91 Å². The zero-order valence-electron chi connectivity index (χ0n) is 14.3. The van der Waals surface area contributed by atoms with E-state index >= 15 is 0 Å². The van der Waals surface area contributed by atoms with Gasteiger partial charge in [0.2, 0.25) is 5.91 Å². The lowest BCUT2D eigenvalue weighted by atomic mass is 9.92. The van der Waals surface area contributed by atoms with Crippen molar-refractivity contribution < 1.29 is 4.79 Å². The molecule has 0 spiro atoms. The van der Waals surface area contributed by atoms with Crippen molar-refractivity contribution in [2.24, 2.45) is 11.3 Å². The SMILES string of the molecule is CCCCC1NC(CC(C)C)N(CCC(C)(C)C)C1=O. The van der Waals surface area contributed by atoms with E-state index in [1.807, 2.05) is 0 Å². The summed E-state index contributed by atoms with van der Waals surface area (Å²) < 4.78 is 0. The number of unbranched alkanes of at least 4 members (excludes halogenated alkanes) is 1. The molecule has 2 atom stereocenters. The third-order valence-electron chi connectivity index (χ3n) is 3.99. The minimum Gasteiger partial charge on any atom is -0.326 e. The highest BCUT2D eigenvalue weighted by Gasteiger charge is 2.38. The molecule has 1 aliphatic heterocycles. The van der Waals surface area contributed by atoms with Crippen LogP contribution < -0.4 is 5.32 Å². The summed E-state index contributed by atoms with van der Waals surface area (Å²) in [4.78, 5) is 14.7. The Morgan fingerprint density at radius 3 is 2.45 bits per heavy atom. The van der Waals surface area contributed by atoms with Crippen LogP contribution in [0.1, 0.15) is 73.6 Å². The van der Waals surface area contributed by atoms with Gasteiger partial charge >= 0.3 is 0 Å². The minimum absolute atomic E-state index is 0.0543. The van der Waals surface area contributed by atoms with E-state index in [1.165, 1.54) is 0 Å². The number of carbonyl (C=O) groups is 1. The van der Waals surface area contributed by atoms with E-state index in [4.69, 9.17) is 0 Å². The Bertz CT molecular complexity index is 307. The summed E-state index contributed by atoms with van der Waals surface area (Å²) >= 11 is 0. The highest BCUT2D eigenvalue weighted by molar-refractivity contribution is 5.84. The van der Waals surface area contributed by atoms with E-state index in [9.17, 15) is 4.79 Å². The predicted octanol–water partition coefficient (Wildman–Crippen LogP) is 3.79. The first-order valence-electron chi connectivity index (χ1n) is 8.31. The Hall–Kier alpha value is -0.570. The molecule has 118 valence electrons. The molecule has 1 fully saturated rings. The van der Waals surface area contributed by atoms with Crippen molar-refractivity contribution in [1.82, 2.24) is 10.2 Å². The van der Waals surface area contributed by atoms with Crippen LogP contribution in [-0.4, -0.2) is 29.6 Å². The average Bonchev–Trinajstić information content (AvgIpc) is 2.59. The second-order valence-electron chi connectivity index (χ2n) is 7.85. The van der Waals surface area contributed by atoms with Gasteiger partial charge in [0.15, 0.2) is 0 Å². The van der Waals surface area contributed by atoms with Crippen LogP contribution in [0, 0.1) is 11.3 Å². The van der Waals surface area contributed by atoms with Crippen molar-refractivity contribution in [1.29, 1.82) is 0 Å². The Morgan fingerprint density at radius 2 is 1.95 bits per heavy atom. The van der Waals surface area contributed by atoms with Crippen LogP contribution in [0.2, 0.25) is 0 Å². The molecule has 0 aliphatic carbocycles. The van der Waals surface area contributed by atoms with Gasteiger partial charge in [-0.3, -0.25) is 10.1 Å². The maximum absolute atomic E-state index is 12.6. The molecule has 0 aromatic heterocycles. The van der Waals surface area contributed by atoms with Gasteiger partial charge in [-0.1, -0.05) is 54.4 Å². The van der Waals surface area contributed by atoms with Crippen LogP contribution in [0.4, 0.5) is 0 Å². The van der Waals surface area contributed by atoms with Crippen LogP contribution in [-0.2, 0) is 4.79 Å².